The predicted molar refractivity (Wildman–Crippen MR) is 99.8 cm³/mol. The minimum Gasteiger partial charge on any atom is -0.367 e. The number of piperazine rings is 1. The summed E-state index contributed by atoms with van der Waals surface area (Å²) in [6.45, 7) is 4.83. The molecule has 25 heavy (non-hydrogen) atoms. The zero-order valence-electron chi connectivity index (χ0n) is 14.4. The molecule has 5 nitrogen and oxygen atoms in total. The molecule has 1 N–H and O–H groups in total. The highest BCUT2D eigenvalue weighted by Crippen LogP contribution is 2.21. The van der Waals surface area contributed by atoms with Crippen LogP contribution in [-0.4, -0.2) is 37.1 Å². The summed E-state index contributed by atoms with van der Waals surface area (Å²) in [4.78, 5) is 16.4. The van der Waals surface area contributed by atoms with Crippen molar-refractivity contribution in [1.29, 1.82) is 5.26 Å². The number of nitrogens with one attached hydrogen (secondary N) is 1. The minimum atomic E-state index is -0.0718. The fraction of sp³-hybridized carbons (Fsp3) is 0.300. The highest BCUT2D eigenvalue weighted by atomic mass is 16.2. The van der Waals surface area contributed by atoms with Gasteiger partial charge < -0.3 is 15.1 Å². The Bertz CT molecular complexity index is 771. The molecule has 0 saturated carbocycles. The number of anilines is 2. The van der Waals surface area contributed by atoms with Crippen molar-refractivity contribution in [3.63, 3.8) is 0 Å². The van der Waals surface area contributed by atoms with Crippen molar-refractivity contribution in [2.45, 2.75) is 13.3 Å². The van der Waals surface area contributed by atoms with Gasteiger partial charge in [0.1, 0.15) is 6.07 Å². The number of carbonyl (C=O) groups excluding carboxylic acids is 1. The van der Waals surface area contributed by atoms with E-state index in [0.29, 0.717) is 18.7 Å². The van der Waals surface area contributed by atoms with Crippen LogP contribution in [0.25, 0.3) is 0 Å². The standard InChI is InChI=1S/C20H22N4O/c1-2-16-7-9-18(10-8-16)22-20(25)24-13-11-23(12-14-24)19-6-4-3-5-17(19)15-21/h3-10H,2,11-14H2,1H3,(H,22,25). The molecule has 1 fully saturated rings. The van der Waals surface area contributed by atoms with E-state index in [1.165, 1.54) is 5.56 Å². The highest BCUT2D eigenvalue weighted by molar-refractivity contribution is 5.89. The first-order valence-electron chi connectivity index (χ1n) is 8.60. The third-order valence-corrected chi connectivity index (χ3v) is 4.55. The quantitative estimate of drug-likeness (QED) is 0.935. The van der Waals surface area contributed by atoms with Crippen molar-refractivity contribution in [1.82, 2.24) is 4.90 Å². The van der Waals surface area contributed by atoms with Gasteiger partial charge in [0.2, 0.25) is 0 Å². The van der Waals surface area contributed by atoms with Crippen molar-refractivity contribution in [3.8, 4) is 6.07 Å². The Balaban J connectivity index is 1.58. The second-order valence-corrected chi connectivity index (χ2v) is 6.08. The predicted octanol–water partition coefficient (Wildman–Crippen LogP) is 3.47. The summed E-state index contributed by atoms with van der Waals surface area (Å²) in [5, 5.41) is 12.2. The minimum absolute atomic E-state index is 0.0718. The molecule has 1 aliphatic rings. The van der Waals surface area contributed by atoms with Gasteiger partial charge in [-0.3, -0.25) is 0 Å². The number of hydrogen-bond donors (Lipinski definition) is 1. The number of hydrogen-bond acceptors (Lipinski definition) is 3. The van der Waals surface area contributed by atoms with Gasteiger partial charge >= 0.3 is 6.03 Å². The SMILES string of the molecule is CCc1ccc(NC(=O)N2CCN(c3ccccc3C#N)CC2)cc1. The van der Waals surface area contributed by atoms with E-state index in [4.69, 9.17) is 0 Å². The Hall–Kier alpha value is -3.00. The first kappa shape index (κ1) is 16.8. The van der Waals surface area contributed by atoms with E-state index in [2.05, 4.69) is 23.2 Å². The lowest BCUT2D eigenvalue weighted by atomic mass is 10.1. The summed E-state index contributed by atoms with van der Waals surface area (Å²) < 4.78 is 0. The number of urea groups is 1. The summed E-state index contributed by atoms with van der Waals surface area (Å²) >= 11 is 0. The Labute approximate surface area is 148 Å². The molecule has 3 rings (SSSR count). The summed E-state index contributed by atoms with van der Waals surface area (Å²) in [6.07, 6.45) is 0.986. The zero-order chi connectivity index (χ0) is 17.6. The molecule has 5 heteroatoms. The number of nitrogens with zero attached hydrogens (tertiary/aromatic N) is 3. The molecule has 0 aromatic heterocycles. The Morgan fingerprint density at radius 2 is 1.76 bits per heavy atom. The normalized spacial score (nSPS) is 14.1. The van der Waals surface area contributed by atoms with Crippen molar-refractivity contribution in [2.75, 3.05) is 36.4 Å². The first-order valence-corrected chi connectivity index (χ1v) is 8.60. The number of rotatable bonds is 3. The molecule has 1 aliphatic heterocycles. The lowest BCUT2D eigenvalue weighted by Crippen LogP contribution is -2.50. The van der Waals surface area contributed by atoms with E-state index in [1.54, 1.807) is 0 Å². The summed E-state index contributed by atoms with van der Waals surface area (Å²) in [7, 11) is 0. The molecule has 2 aromatic carbocycles. The molecular weight excluding hydrogens is 312 g/mol. The zero-order valence-corrected chi connectivity index (χ0v) is 14.4. The van der Waals surface area contributed by atoms with Crippen LogP contribution in [0.2, 0.25) is 0 Å². The van der Waals surface area contributed by atoms with Crippen LogP contribution in [0.3, 0.4) is 0 Å². The van der Waals surface area contributed by atoms with E-state index in [-0.39, 0.29) is 6.03 Å². The van der Waals surface area contributed by atoms with Gasteiger partial charge in [-0.1, -0.05) is 31.2 Å². The lowest BCUT2D eigenvalue weighted by Gasteiger charge is -2.36. The molecule has 0 aliphatic carbocycles. The van der Waals surface area contributed by atoms with Crippen LogP contribution in [0.15, 0.2) is 48.5 Å². The van der Waals surface area contributed by atoms with E-state index < -0.39 is 0 Å². The lowest BCUT2D eigenvalue weighted by molar-refractivity contribution is 0.208. The molecule has 0 atom stereocenters. The van der Waals surface area contributed by atoms with E-state index >= 15 is 0 Å². The van der Waals surface area contributed by atoms with Crippen molar-refractivity contribution < 1.29 is 4.79 Å². The molecule has 128 valence electrons. The van der Waals surface area contributed by atoms with Crippen molar-refractivity contribution >= 4 is 17.4 Å². The number of benzene rings is 2. The van der Waals surface area contributed by atoms with Crippen molar-refractivity contribution in [3.05, 3.63) is 59.7 Å². The fourth-order valence-corrected chi connectivity index (χ4v) is 3.02. The molecule has 0 bridgehead atoms. The topological polar surface area (TPSA) is 59.4 Å². The summed E-state index contributed by atoms with van der Waals surface area (Å²) in [5.74, 6) is 0. The molecule has 0 unspecified atom stereocenters. The van der Waals surface area contributed by atoms with Gasteiger partial charge in [0.25, 0.3) is 0 Å². The summed E-state index contributed by atoms with van der Waals surface area (Å²) in [6, 6.07) is 17.7. The largest absolute Gasteiger partial charge is 0.367 e. The third kappa shape index (κ3) is 3.92. The van der Waals surface area contributed by atoms with Crippen LogP contribution in [0, 0.1) is 11.3 Å². The number of nitriles is 1. The summed E-state index contributed by atoms with van der Waals surface area (Å²) in [5.41, 5.74) is 3.69. The monoisotopic (exact) mass is 334 g/mol. The maximum atomic E-state index is 12.4. The number of carbonyl (C=O) groups is 1. The van der Waals surface area contributed by atoms with Crippen LogP contribution >= 0.6 is 0 Å². The highest BCUT2D eigenvalue weighted by Gasteiger charge is 2.22. The van der Waals surface area contributed by atoms with Crippen LogP contribution in [0.5, 0.6) is 0 Å². The van der Waals surface area contributed by atoms with Crippen LogP contribution in [-0.2, 0) is 6.42 Å². The smallest absolute Gasteiger partial charge is 0.321 e. The van der Waals surface area contributed by atoms with Crippen LogP contribution in [0.1, 0.15) is 18.1 Å². The van der Waals surface area contributed by atoms with E-state index in [9.17, 15) is 10.1 Å². The van der Waals surface area contributed by atoms with Gasteiger partial charge in [-0.25, -0.2) is 4.79 Å². The molecule has 1 saturated heterocycles. The fourth-order valence-electron chi connectivity index (χ4n) is 3.02. The molecule has 0 spiro atoms. The second-order valence-electron chi connectivity index (χ2n) is 6.08. The number of aryl methyl sites for hydroxylation is 1. The first-order chi connectivity index (χ1) is 12.2. The number of para-hydroxylation sites is 1. The van der Waals surface area contributed by atoms with Crippen molar-refractivity contribution in [2.24, 2.45) is 0 Å². The average molecular weight is 334 g/mol. The van der Waals surface area contributed by atoms with E-state index in [1.807, 2.05) is 53.4 Å². The maximum absolute atomic E-state index is 12.4. The third-order valence-electron chi connectivity index (χ3n) is 4.55. The Morgan fingerprint density at radius 1 is 1.08 bits per heavy atom. The Morgan fingerprint density at radius 3 is 2.40 bits per heavy atom. The van der Waals surface area contributed by atoms with Gasteiger partial charge in [-0.15, -0.1) is 0 Å². The number of amides is 2. The van der Waals surface area contributed by atoms with Gasteiger partial charge in [0.15, 0.2) is 0 Å². The maximum Gasteiger partial charge on any atom is 0.321 e. The molecule has 0 radical (unpaired) electrons. The van der Waals surface area contributed by atoms with E-state index in [0.717, 1.165) is 30.9 Å². The Kier molecular flexibility index (Phi) is 5.20. The van der Waals surface area contributed by atoms with Gasteiger partial charge in [-0.05, 0) is 36.2 Å². The second kappa shape index (κ2) is 7.71. The molecular formula is C20H22N4O. The molecule has 2 aromatic rings. The molecule has 2 amide bonds. The van der Waals surface area contributed by atoms with Crippen LogP contribution < -0.4 is 10.2 Å². The van der Waals surface area contributed by atoms with Gasteiger partial charge in [-0.2, -0.15) is 5.26 Å². The molecule has 1 heterocycles. The van der Waals surface area contributed by atoms with Crippen LogP contribution in [0.4, 0.5) is 16.2 Å². The van der Waals surface area contributed by atoms with Gasteiger partial charge in [0.05, 0.1) is 11.3 Å². The average Bonchev–Trinajstić information content (AvgIpc) is 2.68. The van der Waals surface area contributed by atoms with Gasteiger partial charge in [0, 0.05) is 31.9 Å².